The number of hydrogen-bond donors (Lipinski definition) is 2. The van der Waals surface area contributed by atoms with Gasteiger partial charge >= 0.3 is 12.4 Å². The van der Waals surface area contributed by atoms with E-state index in [0.717, 1.165) is 30.5 Å². The summed E-state index contributed by atoms with van der Waals surface area (Å²) in [5, 5.41) is 12.3. The standard InChI is InChI=1S/C28H25F4N3O5S/c29-27(30)21-15-18(8-11-23(21)39-28(31,32)40-27)26(12-13-26)25(37)34-24-5-1-4-22(33-24)17-6-9-20(10-7-17)41(38)35-14-2-3-19(35)16-36/h1,4-11,15,19,36H,2-3,12-14,16H2,(H,33,34,37)/t19-,41?/m1/s1. The summed E-state index contributed by atoms with van der Waals surface area (Å²) >= 11 is -1.40. The molecule has 1 saturated heterocycles. The average Bonchev–Trinajstić information content (AvgIpc) is 3.62. The molecule has 3 aliphatic rings. The highest BCUT2D eigenvalue weighted by Crippen LogP contribution is 2.53. The summed E-state index contributed by atoms with van der Waals surface area (Å²) in [4.78, 5) is 18.4. The molecule has 3 aromatic rings. The third-order valence-corrected chi connectivity index (χ3v) is 9.18. The van der Waals surface area contributed by atoms with Crippen molar-refractivity contribution in [2.45, 2.75) is 54.4 Å². The zero-order chi connectivity index (χ0) is 29.0. The van der Waals surface area contributed by atoms with E-state index in [2.05, 4.69) is 19.8 Å². The topological polar surface area (TPSA) is 107 Å². The number of anilines is 1. The summed E-state index contributed by atoms with van der Waals surface area (Å²) in [5.41, 5.74) is -0.510. The molecule has 0 radical (unpaired) electrons. The number of hydrogen-bond acceptors (Lipinski definition) is 7. The molecular weight excluding hydrogens is 566 g/mol. The fourth-order valence-electron chi connectivity index (χ4n) is 5.26. The van der Waals surface area contributed by atoms with Crippen LogP contribution in [0.25, 0.3) is 11.3 Å². The summed E-state index contributed by atoms with van der Waals surface area (Å²) in [5.74, 6) is -0.948. The second kappa shape index (κ2) is 10.2. The molecule has 2 N–H and O–H groups in total. The quantitative estimate of drug-likeness (QED) is 0.297. The SMILES string of the molecule is O=C(Nc1cccc(-c2ccc([S+]([O-])N3CCC[C@@H]3CO)cc2)n1)C1(c2ccc3c(c2)C(F)(F)OC(F)(F)O3)CC1. The number of benzene rings is 2. The number of aliphatic hydroxyl groups excluding tert-OH is 1. The van der Waals surface area contributed by atoms with Crippen molar-refractivity contribution in [3.8, 4) is 17.0 Å². The predicted molar refractivity (Wildman–Crippen MR) is 139 cm³/mol. The third kappa shape index (κ3) is 5.28. The van der Waals surface area contributed by atoms with Crippen molar-refractivity contribution in [2.75, 3.05) is 18.5 Å². The van der Waals surface area contributed by atoms with Gasteiger partial charge in [0.1, 0.15) is 11.6 Å². The highest BCUT2D eigenvalue weighted by molar-refractivity contribution is 7.89. The molecule has 0 bridgehead atoms. The second-order valence-electron chi connectivity index (χ2n) is 10.2. The summed E-state index contributed by atoms with van der Waals surface area (Å²) < 4.78 is 77.9. The minimum absolute atomic E-state index is 0.0474. The van der Waals surface area contributed by atoms with Gasteiger partial charge in [-0.1, -0.05) is 12.1 Å². The van der Waals surface area contributed by atoms with Gasteiger partial charge in [0.05, 0.1) is 40.7 Å². The molecule has 1 amide bonds. The lowest BCUT2D eigenvalue weighted by atomic mass is 9.92. The molecule has 1 unspecified atom stereocenters. The van der Waals surface area contributed by atoms with Crippen molar-refractivity contribution in [1.29, 1.82) is 0 Å². The van der Waals surface area contributed by atoms with Crippen molar-refractivity contribution < 1.29 is 41.5 Å². The lowest BCUT2D eigenvalue weighted by Gasteiger charge is -2.31. The maximum Gasteiger partial charge on any atom is 0.540 e. The first-order valence-electron chi connectivity index (χ1n) is 13.0. The van der Waals surface area contributed by atoms with E-state index < -0.39 is 46.4 Å². The largest absolute Gasteiger partial charge is 0.593 e. The molecule has 0 spiro atoms. The molecule has 2 aliphatic heterocycles. The normalized spacial score (nSPS) is 22.8. The van der Waals surface area contributed by atoms with E-state index in [0.29, 0.717) is 30.0 Å². The summed E-state index contributed by atoms with van der Waals surface area (Å²) in [6.45, 7) is 0.601. The van der Waals surface area contributed by atoms with E-state index in [1.54, 1.807) is 46.8 Å². The molecule has 2 fully saturated rings. The molecule has 1 aromatic heterocycles. The number of carbonyl (C=O) groups is 1. The minimum atomic E-state index is -4.47. The Morgan fingerprint density at radius 2 is 1.88 bits per heavy atom. The van der Waals surface area contributed by atoms with Gasteiger partial charge in [-0.25, -0.2) is 9.72 Å². The van der Waals surface area contributed by atoms with Gasteiger partial charge in [0.2, 0.25) is 5.91 Å². The monoisotopic (exact) mass is 591 g/mol. The van der Waals surface area contributed by atoms with Crippen molar-refractivity contribution in [2.24, 2.45) is 0 Å². The number of alkyl halides is 4. The number of aromatic nitrogens is 1. The highest BCUT2D eigenvalue weighted by atomic mass is 32.2. The minimum Gasteiger partial charge on any atom is -0.593 e. The summed E-state index contributed by atoms with van der Waals surface area (Å²) in [6, 6.07) is 15.2. The van der Waals surface area contributed by atoms with E-state index in [1.807, 2.05) is 0 Å². The van der Waals surface area contributed by atoms with E-state index in [4.69, 9.17) is 0 Å². The number of nitrogens with one attached hydrogen (secondary N) is 1. The van der Waals surface area contributed by atoms with Crippen molar-refractivity contribution in [1.82, 2.24) is 9.29 Å². The Bertz CT molecular complexity index is 1470. The molecule has 2 atom stereocenters. The number of carbonyl (C=O) groups excluding carboxylic acids is 1. The molecule has 41 heavy (non-hydrogen) atoms. The molecule has 1 saturated carbocycles. The van der Waals surface area contributed by atoms with E-state index in [9.17, 15) is 32.0 Å². The van der Waals surface area contributed by atoms with Crippen molar-refractivity contribution in [3.63, 3.8) is 0 Å². The summed E-state index contributed by atoms with van der Waals surface area (Å²) in [6.07, 6.45) is -6.37. The fraction of sp³-hybridized carbons (Fsp3) is 0.357. The predicted octanol–water partition coefficient (Wildman–Crippen LogP) is 4.91. The Morgan fingerprint density at radius 3 is 2.59 bits per heavy atom. The molecular formula is C28H25F4N3O5S. The molecule has 6 rings (SSSR count). The molecule has 8 nitrogen and oxygen atoms in total. The smallest absolute Gasteiger partial charge is 0.540 e. The number of fused-ring (bicyclic) bond motifs is 1. The van der Waals surface area contributed by atoms with Gasteiger partial charge in [0, 0.05) is 12.1 Å². The molecule has 216 valence electrons. The van der Waals surface area contributed by atoms with Crippen LogP contribution in [0.3, 0.4) is 0 Å². The Balaban J connectivity index is 1.18. The maximum atomic E-state index is 14.3. The van der Waals surface area contributed by atoms with Crippen LogP contribution < -0.4 is 10.1 Å². The number of rotatable bonds is 7. The van der Waals surface area contributed by atoms with E-state index in [-0.39, 0.29) is 24.0 Å². The number of amides is 1. The Labute approximate surface area is 235 Å². The van der Waals surface area contributed by atoms with Crippen LogP contribution in [0.2, 0.25) is 0 Å². The van der Waals surface area contributed by atoms with Crippen LogP contribution >= 0.6 is 0 Å². The van der Waals surface area contributed by atoms with Gasteiger partial charge in [0.15, 0.2) is 4.90 Å². The van der Waals surface area contributed by atoms with Crippen LogP contribution in [0.1, 0.15) is 36.8 Å². The number of aliphatic hydroxyl groups is 1. The van der Waals surface area contributed by atoms with Crippen molar-refractivity contribution in [3.05, 3.63) is 71.8 Å². The van der Waals surface area contributed by atoms with Gasteiger partial charge in [-0.2, -0.15) is 8.78 Å². The van der Waals surface area contributed by atoms with Crippen LogP contribution in [0.5, 0.6) is 5.75 Å². The molecule has 3 heterocycles. The zero-order valence-electron chi connectivity index (χ0n) is 21.5. The molecule has 1 aliphatic carbocycles. The highest BCUT2D eigenvalue weighted by Gasteiger charge is 2.57. The first kappa shape index (κ1) is 27.9. The Kier molecular flexibility index (Phi) is 6.97. The van der Waals surface area contributed by atoms with Crippen LogP contribution in [0.15, 0.2) is 65.6 Å². The number of ether oxygens (including phenoxy) is 2. The number of halogens is 4. The molecule has 2 aromatic carbocycles. The van der Waals surface area contributed by atoms with Gasteiger partial charge in [-0.15, -0.1) is 13.1 Å². The van der Waals surface area contributed by atoms with Crippen LogP contribution in [-0.4, -0.2) is 50.3 Å². The second-order valence-corrected chi connectivity index (χ2v) is 11.7. The van der Waals surface area contributed by atoms with Gasteiger partial charge in [-0.3, -0.25) is 4.79 Å². The Hall–Kier alpha value is -3.23. The maximum absolute atomic E-state index is 14.3. The summed E-state index contributed by atoms with van der Waals surface area (Å²) in [7, 11) is 0. The van der Waals surface area contributed by atoms with Crippen molar-refractivity contribution >= 4 is 23.1 Å². The van der Waals surface area contributed by atoms with Crippen LogP contribution in [0, 0.1) is 0 Å². The fourth-order valence-corrected chi connectivity index (χ4v) is 6.63. The van der Waals surface area contributed by atoms with E-state index >= 15 is 0 Å². The van der Waals surface area contributed by atoms with Gasteiger partial charge in [-0.05, 0) is 79.8 Å². The third-order valence-electron chi connectivity index (χ3n) is 7.60. The number of pyridine rings is 1. The lowest BCUT2D eigenvalue weighted by Crippen LogP contribution is -2.41. The Morgan fingerprint density at radius 1 is 1.12 bits per heavy atom. The van der Waals surface area contributed by atoms with Crippen LogP contribution in [0.4, 0.5) is 23.4 Å². The lowest BCUT2D eigenvalue weighted by molar-refractivity contribution is -0.461. The first-order chi connectivity index (χ1) is 19.5. The van der Waals surface area contributed by atoms with Gasteiger partial charge < -0.3 is 19.7 Å². The van der Waals surface area contributed by atoms with E-state index in [1.165, 1.54) is 6.07 Å². The first-order valence-corrected chi connectivity index (χ1v) is 14.1. The average molecular weight is 592 g/mol. The molecule has 13 heteroatoms. The van der Waals surface area contributed by atoms with Gasteiger partial charge in [0.25, 0.3) is 0 Å². The number of nitrogens with zero attached hydrogens (tertiary/aromatic N) is 2. The zero-order valence-corrected chi connectivity index (χ0v) is 22.3. The van der Waals surface area contributed by atoms with Crippen LogP contribution in [-0.2, 0) is 32.4 Å².